The highest BCUT2D eigenvalue weighted by atomic mass is 19.1. The van der Waals surface area contributed by atoms with E-state index in [0.29, 0.717) is 0 Å². The van der Waals surface area contributed by atoms with E-state index in [4.69, 9.17) is 10.5 Å². The summed E-state index contributed by atoms with van der Waals surface area (Å²) in [6.07, 6.45) is 0. The van der Waals surface area contributed by atoms with Crippen LogP contribution in [0.2, 0.25) is 0 Å². The number of carbonyl (C=O) groups is 1. The maximum atomic E-state index is 13.0. The van der Waals surface area contributed by atoms with Crippen LogP contribution in [0.25, 0.3) is 0 Å². The summed E-state index contributed by atoms with van der Waals surface area (Å²) in [6.45, 7) is 0. The average molecular weight is 198 g/mol. The highest BCUT2D eigenvalue weighted by Crippen LogP contribution is 2.24. The van der Waals surface area contributed by atoms with Gasteiger partial charge in [0.2, 0.25) is 0 Å². The van der Waals surface area contributed by atoms with Gasteiger partial charge in [-0.25, -0.2) is 4.39 Å². The van der Waals surface area contributed by atoms with Gasteiger partial charge in [-0.3, -0.25) is 4.79 Å². The lowest BCUT2D eigenvalue weighted by Gasteiger charge is -2.08. The summed E-state index contributed by atoms with van der Waals surface area (Å²) >= 11 is 0. The third-order valence-corrected chi connectivity index (χ3v) is 1.79. The third kappa shape index (κ3) is 1.76. The molecule has 0 radical (unpaired) electrons. The van der Waals surface area contributed by atoms with E-state index in [1.165, 1.54) is 20.2 Å². The van der Waals surface area contributed by atoms with Crippen molar-refractivity contribution in [3.05, 3.63) is 23.5 Å². The van der Waals surface area contributed by atoms with Gasteiger partial charge in [0.05, 0.1) is 18.4 Å². The molecule has 1 aromatic carbocycles. The molecule has 0 aliphatic rings. The Hall–Kier alpha value is -1.78. The minimum absolute atomic E-state index is 0.0468. The van der Waals surface area contributed by atoms with Crippen molar-refractivity contribution in [1.29, 1.82) is 0 Å². The van der Waals surface area contributed by atoms with E-state index in [1.807, 2.05) is 0 Å². The SMILES string of the molecule is CNC(=O)c1cc(F)c(N)cc1OC. The molecule has 0 heterocycles. The number of hydrogen-bond donors (Lipinski definition) is 2. The Kier molecular flexibility index (Phi) is 2.91. The Morgan fingerprint density at radius 3 is 2.71 bits per heavy atom. The number of halogens is 1. The molecule has 0 aliphatic carbocycles. The molecule has 0 saturated heterocycles. The maximum absolute atomic E-state index is 13.0. The van der Waals surface area contributed by atoms with Gasteiger partial charge in [0, 0.05) is 13.1 Å². The van der Waals surface area contributed by atoms with Crippen LogP contribution < -0.4 is 15.8 Å². The van der Waals surface area contributed by atoms with Gasteiger partial charge in [-0.05, 0) is 6.07 Å². The normalized spacial score (nSPS) is 9.64. The van der Waals surface area contributed by atoms with E-state index in [9.17, 15) is 9.18 Å². The van der Waals surface area contributed by atoms with Crippen molar-refractivity contribution in [2.45, 2.75) is 0 Å². The Morgan fingerprint density at radius 2 is 2.21 bits per heavy atom. The second-order valence-electron chi connectivity index (χ2n) is 2.65. The van der Waals surface area contributed by atoms with Crippen LogP contribution in [0.15, 0.2) is 12.1 Å². The lowest BCUT2D eigenvalue weighted by molar-refractivity contribution is 0.0959. The Bertz CT molecular complexity index is 366. The van der Waals surface area contributed by atoms with Crippen LogP contribution >= 0.6 is 0 Å². The number of anilines is 1. The van der Waals surface area contributed by atoms with Gasteiger partial charge in [-0.2, -0.15) is 0 Å². The molecule has 0 unspecified atom stereocenters. The van der Waals surface area contributed by atoms with E-state index in [2.05, 4.69) is 5.32 Å². The molecule has 0 bridgehead atoms. The van der Waals surface area contributed by atoms with Crippen molar-refractivity contribution in [3.63, 3.8) is 0 Å². The standard InChI is InChI=1S/C9H11FN2O2/c1-12-9(13)5-3-6(10)7(11)4-8(5)14-2/h3-4H,11H2,1-2H3,(H,12,13). The highest BCUT2D eigenvalue weighted by Gasteiger charge is 2.13. The number of nitrogens with two attached hydrogens (primary N) is 1. The maximum Gasteiger partial charge on any atom is 0.254 e. The zero-order valence-corrected chi connectivity index (χ0v) is 7.93. The fourth-order valence-corrected chi connectivity index (χ4v) is 1.05. The number of nitrogens with one attached hydrogen (secondary N) is 1. The van der Waals surface area contributed by atoms with Crippen molar-refractivity contribution in [3.8, 4) is 5.75 Å². The quantitative estimate of drug-likeness (QED) is 0.690. The monoisotopic (exact) mass is 198 g/mol. The fourth-order valence-electron chi connectivity index (χ4n) is 1.05. The minimum Gasteiger partial charge on any atom is -0.496 e. The molecule has 1 aromatic rings. The topological polar surface area (TPSA) is 64.4 Å². The van der Waals surface area contributed by atoms with Crippen LogP contribution in [0.3, 0.4) is 0 Å². The third-order valence-electron chi connectivity index (χ3n) is 1.79. The number of rotatable bonds is 2. The molecular weight excluding hydrogens is 187 g/mol. The molecule has 0 spiro atoms. The molecule has 0 atom stereocenters. The molecule has 1 amide bonds. The van der Waals surface area contributed by atoms with Crippen LogP contribution in [-0.2, 0) is 0 Å². The van der Waals surface area contributed by atoms with Crippen LogP contribution in [0, 0.1) is 5.82 Å². The lowest BCUT2D eigenvalue weighted by Crippen LogP contribution is -2.19. The molecular formula is C9H11FN2O2. The number of benzene rings is 1. The number of methoxy groups -OCH3 is 1. The van der Waals surface area contributed by atoms with Crippen LogP contribution in [-0.4, -0.2) is 20.1 Å². The summed E-state index contributed by atoms with van der Waals surface area (Å²) in [4.78, 5) is 11.3. The Morgan fingerprint density at radius 1 is 1.57 bits per heavy atom. The summed E-state index contributed by atoms with van der Waals surface area (Å²) in [5, 5.41) is 2.38. The predicted octanol–water partition coefficient (Wildman–Crippen LogP) is 0.776. The van der Waals surface area contributed by atoms with Crippen molar-refractivity contribution < 1.29 is 13.9 Å². The van der Waals surface area contributed by atoms with Gasteiger partial charge in [0.1, 0.15) is 11.6 Å². The zero-order valence-electron chi connectivity index (χ0n) is 7.93. The molecule has 1 rings (SSSR count). The molecule has 4 nitrogen and oxygen atoms in total. The first kappa shape index (κ1) is 10.3. The van der Waals surface area contributed by atoms with Crippen molar-refractivity contribution in [2.24, 2.45) is 0 Å². The second-order valence-corrected chi connectivity index (χ2v) is 2.65. The first-order valence-electron chi connectivity index (χ1n) is 3.95. The lowest BCUT2D eigenvalue weighted by atomic mass is 10.1. The van der Waals surface area contributed by atoms with Crippen LogP contribution in [0.5, 0.6) is 5.75 Å². The molecule has 76 valence electrons. The summed E-state index contributed by atoms with van der Waals surface area (Å²) in [7, 11) is 2.84. The first-order chi connectivity index (χ1) is 6.60. The molecule has 0 saturated carbocycles. The highest BCUT2D eigenvalue weighted by molar-refractivity contribution is 5.97. The average Bonchev–Trinajstić information content (AvgIpc) is 2.20. The van der Waals surface area contributed by atoms with Crippen molar-refractivity contribution in [1.82, 2.24) is 5.32 Å². The molecule has 3 N–H and O–H groups in total. The second kappa shape index (κ2) is 3.95. The molecule has 0 aliphatic heterocycles. The Labute approximate surface area is 80.9 Å². The molecule has 0 aromatic heterocycles. The number of ether oxygens (including phenoxy) is 1. The first-order valence-corrected chi connectivity index (χ1v) is 3.95. The minimum atomic E-state index is -0.635. The van der Waals surface area contributed by atoms with E-state index in [-0.39, 0.29) is 17.0 Å². The molecule has 5 heteroatoms. The Balaban J connectivity index is 3.27. The summed E-state index contributed by atoms with van der Waals surface area (Å²) in [5.41, 5.74) is 5.40. The number of hydrogen-bond acceptors (Lipinski definition) is 3. The summed E-state index contributed by atoms with van der Waals surface area (Å²) in [6, 6.07) is 2.33. The fraction of sp³-hybridized carbons (Fsp3) is 0.222. The van der Waals surface area contributed by atoms with Crippen molar-refractivity contribution >= 4 is 11.6 Å². The van der Waals surface area contributed by atoms with Gasteiger partial charge < -0.3 is 15.8 Å². The molecule has 0 fully saturated rings. The van der Waals surface area contributed by atoms with Gasteiger partial charge in [-0.15, -0.1) is 0 Å². The van der Waals surface area contributed by atoms with E-state index < -0.39 is 11.7 Å². The number of carbonyl (C=O) groups excluding carboxylic acids is 1. The zero-order chi connectivity index (χ0) is 10.7. The van der Waals surface area contributed by atoms with E-state index in [0.717, 1.165) is 6.07 Å². The van der Waals surface area contributed by atoms with Crippen LogP contribution in [0.1, 0.15) is 10.4 Å². The van der Waals surface area contributed by atoms with Crippen LogP contribution in [0.4, 0.5) is 10.1 Å². The van der Waals surface area contributed by atoms with Gasteiger partial charge in [0.15, 0.2) is 0 Å². The summed E-state index contributed by atoms with van der Waals surface area (Å²) < 4.78 is 17.9. The van der Waals surface area contributed by atoms with E-state index in [1.54, 1.807) is 0 Å². The van der Waals surface area contributed by atoms with Gasteiger partial charge >= 0.3 is 0 Å². The van der Waals surface area contributed by atoms with Crippen molar-refractivity contribution in [2.75, 3.05) is 19.9 Å². The van der Waals surface area contributed by atoms with E-state index >= 15 is 0 Å². The largest absolute Gasteiger partial charge is 0.496 e. The van der Waals surface area contributed by atoms with Gasteiger partial charge in [0.25, 0.3) is 5.91 Å². The van der Waals surface area contributed by atoms with Gasteiger partial charge in [-0.1, -0.05) is 0 Å². The smallest absolute Gasteiger partial charge is 0.254 e. The number of amides is 1. The predicted molar refractivity (Wildman–Crippen MR) is 50.8 cm³/mol. The summed E-state index contributed by atoms with van der Waals surface area (Å²) in [5.74, 6) is -0.798. The number of nitrogen functional groups attached to an aromatic ring is 1. The molecule has 14 heavy (non-hydrogen) atoms.